The van der Waals surface area contributed by atoms with Crippen LogP contribution in [0.15, 0.2) is 0 Å². The van der Waals surface area contributed by atoms with Crippen LogP contribution in [0.5, 0.6) is 0 Å². The number of amides is 1. The van der Waals surface area contributed by atoms with Gasteiger partial charge in [-0.15, -0.1) is 0 Å². The summed E-state index contributed by atoms with van der Waals surface area (Å²) in [7, 11) is 0. The molecule has 1 saturated carbocycles. The van der Waals surface area contributed by atoms with Gasteiger partial charge in [0, 0.05) is 12.0 Å². The van der Waals surface area contributed by atoms with Crippen LogP contribution >= 0.6 is 0 Å². The minimum Gasteiger partial charge on any atom is -0.353 e. The Morgan fingerprint density at radius 3 is 2.41 bits per heavy atom. The molecule has 3 nitrogen and oxygen atoms in total. The number of nitrogens with two attached hydrogens (primary N) is 1. The summed E-state index contributed by atoms with van der Waals surface area (Å²) in [6.07, 6.45) is 10.7. The molecule has 1 aliphatic carbocycles. The summed E-state index contributed by atoms with van der Waals surface area (Å²) in [5, 5.41) is 3.22. The van der Waals surface area contributed by atoms with E-state index in [1.54, 1.807) is 0 Å². The van der Waals surface area contributed by atoms with Crippen molar-refractivity contribution in [2.75, 3.05) is 6.54 Å². The predicted octanol–water partition coefficient (Wildman–Crippen LogP) is 2.59. The van der Waals surface area contributed by atoms with Gasteiger partial charge in [-0.2, -0.15) is 0 Å². The van der Waals surface area contributed by atoms with Gasteiger partial charge in [-0.3, -0.25) is 4.79 Å². The maximum Gasteiger partial charge on any atom is 0.223 e. The highest BCUT2D eigenvalue weighted by Gasteiger charge is 2.17. The van der Waals surface area contributed by atoms with Crippen molar-refractivity contribution >= 4 is 5.91 Å². The first kappa shape index (κ1) is 14.5. The van der Waals surface area contributed by atoms with E-state index in [9.17, 15) is 4.79 Å². The van der Waals surface area contributed by atoms with Gasteiger partial charge in [-0.1, -0.05) is 39.0 Å². The van der Waals surface area contributed by atoms with Gasteiger partial charge in [0.15, 0.2) is 0 Å². The van der Waals surface area contributed by atoms with E-state index in [1.807, 2.05) is 6.92 Å². The Morgan fingerprint density at radius 1 is 1.24 bits per heavy atom. The highest BCUT2D eigenvalue weighted by atomic mass is 16.1. The molecule has 1 fully saturated rings. The molecule has 1 aliphatic rings. The van der Waals surface area contributed by atoms with E-state index in [4.69, 9.17) is 5.73 Å². The lowest BCUT2D eigenvalue weighted by Crippen LogP contribution is -2.38. The summed E-state index contributed by atoms with van der Waals surface area (Å²) in [6, 6.07) is 0.420. The van der Waals surface area contributed by atoms with Crippen LogP contribution in [0.2, 0.25) is 0 Å². The molecule has 17 heavy (non-hydrogen) atoms. The van der Waals surface area contributed by atoms with Crippen LogP contribution in [0.1, 0.15) is 64.7 Å². The van der Waals surface area contributed by atoms with E-state index in [1.165, 1.54) is 32.1 Å². The normalized spacial score (nSPS) is 20.4. The first-order chi connectivity index (χ1) is 8.24. The number of hydrogen-bond donors (Lipinski definition) is 2. The van der Waals surface area contributed by atoms with E-state index in [2.05, 4.69) is 5.32 Å². The monoisotopic (exact) mass is 240 g/mol. The SMILES string of the molecule is CC(CCCN)C(=O)NC1CCCCCCC1. The highest BCUT2D eigenvalue weighted by Crippen LogP contribution is 2.17. The average Bonchev–Trinajstić information content (AvgIpc) is 2.29. The molecule has 0 heterocycles. The second-order valence-corrected chi connectivity index (χ2v) is 5.38. The molecule has 1 rings (SSSR count). The standard InChI is InChI=1S/C14H28N2O/c1-12(8-7-11-15)14(17)16-13-9-5-3-2-4-6-10-13/h12-13H,2-11,15H2,1H3,(H,16,17). The van der Waals surface area contributed by atoms with Gasteiger partial charge in [-0.25, -0.2) is 0 Å². The first-order valence-electron chi connectivity index (χ1n) is 7.24. The fraction of sp³-hybridized carbons (Fsp3) is 0.929. The Bertz CT molecular complexity index is 210. The molecule has 0 bridgehead atoms. The zero-order chi connectivity index (χ0) is 12.5. The van der Waals surface area contributed by atoms with Crippen LogP contribution in [0.4, 0.5) is 0 Å². The van der Waals surface area contributed by atoms with Crippen LogP contribution < -0.4 is 11.1 Å². The second-order valence-electron chi connectivity index (χ2n) is 5.38. The van der Waals surface area contributed by atoms with Crippen molar-refractivity contribution in [3.63, 3.8) is 0 Å². The molecular formula is C14H28N2O. The molecule has 1 unspecified atom stereocenters. The number of carbonyl (C=O) groups is 1. The fourth-order valence-electron chi connectivity index (χ4n) is 2.50. The third-order valence-corrected chi connectivity index (χ3v) is 3.74. The molecule has 1 amide bonds. The lowest BCUT2D eigenvalue weighted by Gasteiger charge is -2.23. The van der Waals surface area contributed by atoms with Crippen LogP contribution in [-0.4, -0.2) is 18.5 Å². The molecule has 100 valence electrons. The summed E-state index contributed by atoms with van der Waals surface area (Å²) in [5.74, 6) is 0.341. The molecule has 1 atom stereocenters. The van der Waals surface area contributed by atoms with Crippen LogP contribution in [0.25, 0.3) is 0 Å². The van der Waals surface area contributed by atoms with Crippen LogP contribution in [0.3, 0.4) is 0 Å². The molecular weight excluding hydrogens is 212 g/mol. The summed E-state index contributed by atoms with van der Waals surface area (Å²) in [6.45, 7) is 2.69. The third kappa shape index (κ3) is 6.06. The van der Waals surface area contributed by atoms with E-state index in [0.29, 0.717) is 12.6 Å². The van der Waals surface area contributed by atoms with E-state index in [-0.39, 0.29) is 11.8 Å². The van der Waals surface area contributed by atoms with Crippen molar-refractivity contribution < 1.29 is 4.79 Å². The Hall–Kier alpha value is -0.570. The Kier molecular flexibility index (Phi) is 7.25. The summed E-state index contributed by atoms with van der Waals surface area (Å²) < 4.78 is 0. The molecule has 0 radical (unpaired) electrons. The zero-order valence-electron chi connectivity index (χ0n) is 11.2. The van der Waals surface area contributed by atoms with Gasteiger partial charge in [0.25, 0.3) is 0 Å². The van der Waals surface area contributed by atoms with E-state index in [0.717, 1.165) is 25.7 Å². The molecule has 0 aliphatic heterocycles. The van der Waals surface area contributed by atoms with E-state index < -0.39 is 0 Å². The topological polar surface area (TPSA) is 55.1 Å². The zero-order valence-corrected chi connectivity index (χ0v) is 11.2. The summed E-state index contributed by atoms with van der Waals surface area (Å²) in [4.78, 5) is 12.0. The second kappa shape index (κ2) is 8.51. The quantitative estimate of drug-likeness (QED) is 0.776. The molecule has 0 aromatic rings. The first-order valence-corrected chi connectivity index (χ1v) is 7.24. The van der Waals surface area contributed by atoms with Crippen molar-refractivity contribution in [1.29, 1.82) is 0 Å². The molecule has 0 aromatic heterocycles. The number of carbonyl (C=O) groups excluding carboxylic acids is 1. The highest BCUT2D eigenvalue weighted by molar-refractivity contribution is 5.78. The van der Waals surface area contributed by atoms with Gasteiger partial charge in [-0.05, 0) is 32.2 Å². The van der Waals surface area contributed by atoms with Crippen molar-refractivity contribution in [3.8, 4) is 0 Å². The van der Waals surface area contributed by atoms with Crippen molar-refractivity contribution in [2.24, 2.45) is 11.7 Å². The lowest BCUT2D eigenvalue weighted by atomic mass is 9.96. The number of hydrogen-bond acceptors (Lipinski definition) is 2. The minimum absolute atomic E-state index is 0.115. The number of nitrogens with one attached hydrogen (secondary N) is 1. The van der Waals surface area contributed by atoms with Gasteiger partial charge in [0.2, 0.25) is 5.91 Å². The van der Waals surface area contributed by atoms with Gasteiger partial charge in [0.05, 0.1) is 0 Å². The molecule has 3 N–H and O–H groups in total. The Balaban J connectivity index is 2.27. The third-order valence-electron chi connectivity index (χ3n) is 3.74. The summed E-state index contributed by atoms with van der Waals surface area (Å²) in [5.41, 5.74) is 5.47. The Labute approximate surface area is 106 Å². The van der Waals surface area contributed by atoms with Crippen LogP contribution in [-0.2, 0) is 4.79 Å². The molecule has 0 aromatic carbocycles. The van der Waals surface area contributed by atoms with Crippen molar-refractivity contribution in [3.05, 3.63) is 0 Å². The largest absolute Gasteiger partial charge is 0.353 e. The van der Waals surface area contributed by atoms with E-state index >= 15 is 0 Å². The molecule has 3 heteroatoms. The smallest absolute Gasteiger partial charge is 0.223 e. The lowest BCUT2D eigenvalue weighted by molar-refractivity contribution is -0.125. The van der Waals surface area contributed by atoms with Gasteiger partial charge >= 0.3 is 0 Å². The molecule has 0 spiro atoms. The number of rotatable bonds is 5. The van der Waals surface area contributed by atoms with Crippen molar-refractivity contribution in [1.82, 2.24) is 5.32 Å². The van der Waals surface area contributed by atoms with Gasteiger partial charge < -0.3 is 11.1 Å². The minimum atomic E-state index is 0.115. The fourth-order valence-corrected chi connectivity index (χ4v) is 2.50. The maximum absolute atomic E-state index is 12.0. The maximum atomic E-state index is 12.0. The van der Waals surface area contributed by atoms with Crippen molar-refractivity contribution in [2.45, 2.75) is 70.8 Å². The van der Waals surface area contributed by atoms with Gasteiger partial charge in [0.1, 0.15) is 0 Å². The predicted molar refractivity (Wildman–Crippen MR) is 71.7 cm³/mol. The Morgan fingerprint density at radius 2 is 1.82 bits per heavy atom. The molecule has 0 saturated heterocycles. The summed E-state index contributed by atoms with van der Waals surface area (Å²) >= 11 is 0. The van der Waals surface area contributed by atoms with Crippen LogP contribution in [0, 0.1) is 5.92 Å². The average molecular weight is 240 g/mol.